The number of benzene rings is 2. The lowest BCUT2D eigenvalue weighted by Gasteiger charge is -2.23. The normalized spacial score (nSPS) is 14.1. The fourth-order valence-electron chi connectivity index (χ4n) is 3.77. The fraction of sp³-hybridized carbons (Fsp3) is 0.375. The molecule has 0 saturated carbocycles. The maximum atomic E-state index is 13.3. The van der Waals surface area contributed by atoms with Gasteiger partial charge in [-0.25, -0.2) is 8.42 Å². The summed E-state index contributed by atoms with van der Waals surface area (Å²) in [4.78, 5) is 15.7. The van der Waals surface area contributed by atoms with Gasteiger partial charge in [0, 0.05) is 30.1 Å². The first-order valence-corrected chi connectivity index (χ1v) is 12.2. The van der Waals surface area contributed by atoms with Crippen LogP contribution in [0.4, 0.5) is 0 Å². The van der Waals surface area contributed by atoms with E-state index in [2.05, 4.69) is 25.8 Å². The zero-order chi connectivity index (χ0) is 23.8. The molecule has 1 aromatic heterocycles. The van der Waals surface area contributed by atoms with E-state index in [0.29, 0.717) is 35.6 Å². The van der Waals surface area contributed by atoms with Gasteiger partial charge in [-0.3, -0.25) is 4.79 Å². The maximum Gasteiger partial charge on any atom is 0.252 e. The molecule has 0 radical (unpaired) electrons. The van der Waals surface area contributed by atoms with E-state index in [9.17, 15) is 18.3 Å². The molecule has 2 heterocycles. The number of aromatic nitrogens is 1. The van der Waals surface area contributed by atoms with Gasteiger partial charge in [-0.15, -0.1) is 0 Å². The molecule has 176 valence electrons. The monoisotopic (exact) mass is 472 g/mol. The van der Waals surface area contributed by atoms with Crippen LogP contribution in [-0.2, 0) is 22.0 Å². The van der Waals surface area contributed by atoms with Crippen LogP contribution in [0.2, 0.25) is 0 Å². The Morgan fingerprint density at radius 2 is 1.67 bits per heavy atom. The fourth-order valence-corrected chi connectivity index (χ4v) is 5.18. The minimum Gasteiger partial charge on any atom is -0.486 e. The molecule has 33 heavy (non-hydrogen) atoms. The SMILES string of the molecule is CC(C)(C)c1ccc(S(=O)(=O)N(CCO)Cc2cc3cc4c(cc3[nH]c2=O)OCCO4)cc1. The third kappa shape index (κ3) is 4.75. The molecule has 9 heteroatoms. The molecule has 0 saturated heterocycles. The molecule has 0 atom stereocenters. The summed E-state index contributed by atoms with van der Waals surface area (Å²) in [6.07, 6.45) is 0. The molecule has 8 nitrogen and oxygen atoms in total. The number of pyridine rings is 1. The largest absolute Gasteiger partial charge is 0.486 e. The van der Waals surface area contributed by atoms with Gasteiger partial charge in [0.15, 0.2) is 11.5 Å². The summed E-state index contributed by atoms with van der Waals surface area (Å²) in [5.41, 5.74) is 1.33. The zero-order valence-electron chi connectivity index (χ0n) is 18.9. The van der Waals surface area contributed by atoms with Crippen molar-refractivity contribution in [2.24, 2.45) is 0 Å². The lowest BCUT2D eigenvalue weighted by atomic mass is 9.87. The van der Waals surface area contributed by atoms with Crippen LogP contribution >= 0.6 is 0 Å². The van der Waals surface area contributed by atoms with Crippen LogP contribution in [-0.4, -0.2) is 49.2 Å². The number of H-pyrrole nitrogens is 1. The Morgan fingerprint density at radius 1 is 1.03 bits per heavy atom. The number of rotatable bonds is 6. The second-order valence-corrected chi connectivity index (χ2v) is 11.0. The van der Waals surface area contributed by atoms with Gasteiger partial charge in [0.25, 0.3) is 5.56 Å². The van der Waals surface area contributed by atoms with Crippen molar-refractivity contribution in [3.05, 3.63) is 63.9 Å². The van der Waals surface area contributed by atoms with E-state index in [1.54, 1.807) is 42.5 Å². The smallest absolute Gasteiger partial charge is 0.252 e. The quantitative estimate of drug-likeness (QED) is 0.571. The number of hydrogen-bond acceptors (Lipinski definition) is 6. The number of fused-ring (bicyclic) bond motifs is 2. The highest BCUT2D eigenvalue weighted by Gasteiger charge is 2.26. The summed E-state index contributed by atoms with van der Waals surface area (Å²) in [5, 5.41) is 10.2. The van der Waals surface area contributed by atoms with Crippen molar-refractivity contribution >= 4 is 20.9 Å². The van der Waals surface area contributed by atoms with Crippen molar-refractivity contribution in [1.82, 2.24) is 9.29 Å². The Labute approximate surface area is 192 Å². The Kier molecular flexibility index (Phi) is 6.22. The molecule has 0 fully saturated rings. The van der Waals surface area contributed by atoms with E-state index in [1.165, 1.54) is 0 Å². The molecule has 2 N–H and O–H groups in total. The number of aliphatic hydroxyl groups excluding tert-OH is 1. The number of ether oxygens (including phenoxy) is 2. The van der Waals surface area contributed by atoms with Crippen molar-refractivity contribution in [2.45, 2.75) is 37.6 Å². The van der Waals surface area contributed by atoms with Crippen molar-refractivity contribution < 1.29 is 23.0 Å². The minimum absolute atomic E-state index is 0.112. The first-order chi connectivity index (χ1) is 15.6. The minimum atomic E-state index is -3.93. The summed E-state index contributed by atoms with van der Waals surface area (Å²) in [6.45, 7) is 6.34. The molecule has 1 aliphatic rings. The Bertz CT molecular complexity index is 1320. The van der Waals surface area contributed by atoms with Crippen molar-refractivity contribution in [3.8, 4) is 11.5 Å². The standard InChI is InChI=1S/C24H28N2O6S/c1-24(2,3)18-4-6-19(7-5-18)33(29,30)26(8-9-27)15-17-12-16-13-21-22(32-11-10-31-21)14-20(16)25-23(17)28/h4-7,12-14,27H,8-11,15H2,1-3H3,(H,25,28). The number of nitrogens with zero attached hydrogens (tertiary/aromatic N) is 1. The van der Waals surface area contributed by atoms with Crippen LogP contribution in [0.1, 0.15) is 31.9 Å². The van der Waals surface area contributed by atoms with Gasteiger partial charge in [-0.1, -0.05) is 32.9 Å². The predicted molar refractivity (Wildman–Crippen MR) is 125 cm³/mol. The van der Waals surface area contributed by atoms with Crippen molar-refractivity contribution in [3.63, 3.8) is 0 Å². The average Bonchev–Trinajstić information content (AvgIpc) is 2.77. The molecule has 0 bridgehead atoms. The second kappa shape index (κ2) is 8.81. The van der Waals surface area contributed by atoms with E-state index < -0.39 is 15.6 Å². The lowest BCUT2D eigenvalue weighted by Crippen LogP contribution is -2.35. The van der Waals surface area contributed by atoms with Gasteiger partial charge in [0.1, 0.15) is 13.2 Å². The highest BCUT2D eigenvalue weighted by Crippen LogP contribution is 2.34. The second-order valence-electron chi connectivity index (χ2n) is 9.04. The highest BCUT2D eigenvalue weighted by molar-refractivity contribution is 7.89. The first kappa shape index (κ1) is 23.3. The van der Waals surface area contributed by atoms with Crippen LogP contribution in [0.25, 0.3) is 10.9 Å². The molecule has 3 aromatic rings. The van der Waals surface area contributed by atoms with Gasteiger partial charge in [0.05, 0.1) is 17.0 Å². The van der Waals surface area contributed by atoms with E-state index in [-0.39, 0.29) is 35.6 Å². The van der Waals surface area contributed by atoms with E-state index in [0.717, 1.165) is 9.87 Å². The van der Waals surface area contributed by atoms with Crippen LogP contribution in [0.5, 0.6) is 11.5 Å². The summed E-state index contributed by atoms with van der Waals surface area (Å²) in [6, 6.07) is 11.8. The molecule has 1 aliphatic heterocycles. The van der Waals surface area contributed by atoms with Crippen LogP contribution in [0.3, 0.4) is 0 Å². The summed E-state index contributed by atoms with van der Waals surface area (Å²) in [7, 11) is -3.93. The number of sulfonamides is 1. The van der Waals surface area contributed by atoms with Crippen LogP contribution in [0.15, 0.2) is 52.2 Å². The van der Waals surface area contributed by atoms with E-state index in [1.807, 2.05) is 0 Å². The molecule has 0 unspecified atom stereocenters. The third-order valence-electron chi connectivity index (χ3n) is 5.64. The van der Waals surface area contributed by atoms with Gasteiger partial charge in [-0.05, 0) is 35.2 Å². The summed E-state index contributed by atoms with van der Waals surface area (Å²) < 4.78 is 38.9. The molecular formula is C24H28N2O6S. The van der Waals surface area contributed by atoms with E-state index in [4.69, 9.17) is 9.47 Å². The number of nitrogens with one attached hydrogen (secondary N) is 1. The van der Waals surface area contributed by atoms with Crippen LogP contribution < -0.4 is 15.0 Å². The van der Waals surface area contributed by atoms with Gasteiger partial charge >= 0.3 is 0 Å². The van der Waals surface area contributed by atoms with Crippen LogP contribution in [0, 0.1) is 0 Å². The number of aliphatic hydroxyl groups is 1. The first-order valence-electron chi connectivity index (χ1n) is 10.8. The van der Waals surface area contributed by atoms with Crippen molar-refractivity contribution in [1.29, 1.82) is 0 Å². The molecule has 0 spiro atoms. The third-order valence-corrected chi connectivity index (χ3v) is 7.50. The Hall–Kier alpha value is -2.88. The molecule has 2 aromatic carbocycles. The summed E-state index contributed by atoms with van der Waals surface area (Å²) in [5.74, 6) is 1.13. The predicted octanol–water partition coefficient (Wildman–Crippen LogP) is 2.78. The highest BCUT2D eigenvalue weighted by atomic mass is 32.2. The molecule has 4 rings (SSSR count). The van der Waals surface area contributed by atoms with Gasteiger partial charge < -0.3 is 19.6 Å². The topological polar surface area (TPSA) is 109 Å². The number of hydrogen-bond donors (Lipinski definition) is 2. The average molecular weight is 473 g/mol. The molecular weight excluding hydrogens is 444 g/mol. The van der Waals surface area contributed by atoms with Gasteiger partial charge in [-0.2, -0.15) is 4.31 Å². The molecule has 0 amide bonds. The number of aromatic amines is 1. The van der Waals surface area contributed by atoms with E-state index >= 15 is 0 Å². The zero-order valence-corrected chi connectivity index (χ0v) is 19.7. The Balaban J connectivity index is 1.68. The lowest BCUT2D eigenvalue weighted by molar-refractivity contribution is 0.172. The summed E-state index contributed by atoms with van der Waals surface area (Å²) >= 11 is 0. The van der Waals surface area contributed by atoms with Crippen molar-refractivity contribution in [2.75, 3.05) is 26.4 Å². The van der Waals surface area contributed by atoms with Gasteiger partial charge in [0.2, 0.25) is 10.0 Å². The maximum absolute atomic E-state index is 13.3. The molecule has 0 aliphatic carbocycles. The Morgan fingerprint density at radius 3 is 2.27 bits per heavy atom.